The summed E-state index contributed by atoms with van der Waals surface area (Å²) in [6.07, 6.45) is 4.65. The van der Waals surface area contributed by atoms with E-state index in [2.05, 4.69) is 10.3 Å². The highest BCUT2D eigenvalue weighted by atomic mass is 16.6. The number of carbonyl (C=O) groups is 1. The number of benzene rings is 1. The number of hydrogen-bond acceptors (Lipinski definition) is 5. The van der Waals surface area contributed by atoms with Crippen LogP contribution in [0.4, 0.5) is 10.5 Å². The van der Waals surface area contributed by atoms with E-state index in [-0.39, 0.29) is 11.8 Å². The van der Waals surface area contributed by atoms with E-state index in [0.29, 0.717) is 31.3 Å². The third kappa shape index (κ3) is 4.86. The van der Waals surface area contributed by atoms with Gasteiger partial charge >= 0.3 is 6.09 Å². The summed E-state index contributed by atoms with van der Waals surface area (Å²) >= 11 is 0. The standard InChI is InChI=1S/C19H23N3O3/c23-18-13-20-9-6-17(18)21-12-15-7-10-22(11-8-15)19(24)25-14-16-4-2-1-3-5-16/h1-6,9,13,15,23H,7-8,10-12,14H2,(H,20,21). The van der Waals surface area contributed by atoms with Gasteiger partial charge in [0.2, 0.25) is 0 Å². The number of ether oxygens (including phenoxy) is 1. The van der Waals surface area contributed by atoms with Gasteiger partial charge in [-0.3, -0.25) is 4.98 Å². The number of anilines is 1. The number of pyridine rings is 1. The third-order valence-corrected chi connectivity index (χ3v) is 4.46. The maximum atomic E-state index is 12.2. The molecule has 6 nitrogen and oxygen atoms in total. The quantitative estimate of drug-likeness (QED) is 0.873. The van der Waals surface area contributed by atoms with Crippen LogP contribution in [0.25, 0.3) is 0 Å². The van der Waals surface area contributed by atoms with Gasteiger partial charge < -0.3 is 20.1 Å². The second-order valence-corrected chi connectivity index (χ2v) is 6.24. The van der Waals surface area contributed by atoms with E-state index in [1.165, 1.54) is 6.20 Å². The summed E-state index contributed by atoms with van der Waals surface area (Å²) in [6.45, 7) is 2.47. The fourth-order valence-electron chi connectivity index (χ4n) is 2.92. The number of amides is 1. The number of piperidine rings is 1. The predicted octanol–water partition coefficient (Wildman–Crippen LogP) is 3.25. The zero-order valence-corrected chi connectivity index (χ0v) is 14.1. The Bertz CT molecular complexity index is 685. The fourth-order valence-corrected chi connectivity index (χ4v) is 2.92. The van der Waals surface area contributed by atoms with Gasteiger partial charge in [0.05, 0.1) is 11.9 Å². The molecule has 6 heteroatoms. The molecule has 0 unspecified atom stereocenters. The van der Waals surface area contributed by atoms with Gasteiger partial charge in [0.1, 0.15) is 6.61 Å². The molecule has 0 bridgehead atoms. The lowest BCUT2D eigenvalue weighted by Crippen LogP contribution is -2.40. The highest BCUT2D eigenvalue weighted by molar-refractivity contribution is 5.67. The van der Waals surface area contributed by atoms with Crippen LogP contribution in [-0.4, -0.2) is 40.7 Å². The maximum absolute atomic E-state index is 12.2. The van der Waals surface area contributed by atoms with Crippen molar-refractivity contribution in [2.75, 3.05) is 25.0 Å². The zero-order chi connectivity index (χ0) is 17.5. The smallest absolute Gasteiger partial charge is 0.410 e. The second kappa shape index (κ2) is 8.37. The number of aromatic nitrogens is 1. The van der Waals surface area contributed by atoms with E-state index < -0.39 is 0 Å². The first-order valence-electron chi connectivity index (χ1n) is 8.55. The molecule has 1 aliphatic heterocycles. The number of hydrogen-bond donors (Lipinski definition) is 2. The summed E-state index contributed by atoms with van der Waals surface area (Å²) in [6, 6.07) is 11.4. The molecule has 0 atom stereocenters. The van der Waals surface area contributed by atoms with E-state index in [0.717, 1.165) is 24.9 Å². The molecule has 0 spiro atoms. The minimum Gasteiger partial charge on any atom is -0.504 e. The molecule has 1 aromatic heterocycles. The number of carbonyl (C=O) groups excluding carboxylic acids is 1. The van der Waals surface area contributed by atoms with Gasteiger partial charge in [-0.2, -0.15) is 0 Å². The van der Waals surface area contributed by atoms with Crippen molar-refractivity contribution < 1.29 is 14.6 Å². The largest absolute Gasteiger partial charge is 0.504 e. The normalized spacial score (nSPS) is 15.0. The Morgan fingerprint density at radius 2 is 2.00 bits per heavy atom. The molecule has 25 heavy (non-hydrogen) atoms. The first-order chi connectivity index (χ1) is 12.2. The molecule has 2 N–H and O–H groups in total. The Morgan fingerprint density at radius 1 is 1.24 bits per heavy atom. The van der Waals surface area contributed by atoms with E-state index in [1.807, 2.05) is 30.3 Å². The van der Waals surface area contributed by atoms with Crippen LogP contribution >= 0.6 is 0 Å². The van der Waals surface area contributed by atoms with Crippen molar-refractivity contribution in [3.05, 3.63) is 54.4 Å². The van der Waals surface area contributed by atoms with E-state index >= 15 is 0 Å². The molecule has 1 aromatic carbocycles. The molecule has 132 valence electrons. The van der Waals surface area contributed by atoms with Gasteiger partial charge in [-0.1, -0.05) is 30.3 Å². The Balaban J connectivity index is 1.39. The molecule has 2 aromatic rings. The van der Waals surface area contributed by atoms with Crippen molar-refractivity contribution in [2.24, 2.45) is 5.92 Å². The van der Waals surface area contributed by atoms with Crippen molar-refractivity contribution in [2.45, 2.75) is 19.4 Å². The number of aromatic hydroxyl groups is 1. The van der Waals surface area contributed by atoms with Gasteiger partial charge in [-0.05, 0) is 30.4 Å². The molecular formula is C19H23N3O3. The van der Waals surface area contributed by atoms with E-state index in [9.17, 15) is 9.90 Å². The zero-order valence-electron chi connectivity index (χ0n) is 14.1. The predicted molar refractivity (Wildman–Crippen MR) is 95.3 cm³/mol. The van der Waals surface area contributed by atoms with Crippen molar-refractivity contribution >= 4 is 11.8 Å². The maximum Gasteiger partial charge on any atom is 0.410 e. The second-order valence-electron chi connectivity index (χ2n) is 6.24. The molecule has 0 aliphatic carbocycles. The number of nitrogens with one attached hydrogen (secondary N) is 1. The molecule has 2 heterocycles. The summed E-state index contributed by atoms with van der Waals surface area (Å²) in [5, 5.41) is 13.0. The molecule has 0 radical (unpaired) electrons. The Morgan fingerprint density at radius 3 is 2.72 bits per heavy atom. The Kier molecular flexibility index (Phi) is 5.72. The summed E-state index contributed by atoms with van der Waals surface area (Å²) in [7, 11) is 0. The van der Waals surface area contributed by atoms with Gasteiger partial charge in [0.25, 0.3) is 0 Å². The third-order valence-electron chi connectivity index (χ3n) is 4.46. The van der Waals surface area contributed by atoms with Crippen molar-refractivity contribution in [1.82, 2.24) is 9.88 Å². The average molecular weight is 341 g/mol. The monoisotopic (exact) mass is 341 g/mol. The van der Waals surface area contributed by atoms with Crippen LogP contribution < -0.4 is 5.32 Å². The molecule has 0 saturated carbocycles. The Hall–Kier alpha value is -2.76. The average Bonchev–Trinajstić information content (AvgIpc) is 2.67. The van der Waals surface area contributed by atoms with Gasteiger partial charge in [-0.15, -0.1) is 0 Å². The number of nitrogens with zero attached hydrogens (tertiary/aromatic N) is 2. The highest BCUT2D eigenvalue weighted by Gasteiger charge is 2.23. The lowest BCUT2D eigenvalue weighted by atomic mass is 9.97. The first kappa shape index (κ1) is 17.1. The molecule has 1 fully saturated rings. The summed E-state index contributed by atoms with van der Waals surface area (Å²) in [5.41, 5.74) is 1.69. The lowest BCUT2D eigenvalue weighted by Gasteiger charge is -2.31. The summed E-state index contributed by atoms with van der Waals surface area (Å²) in [4.78, 5) is 17.8. The highest BCUT2D eigenvalue weighted by Crippen LogP contribution is 2.23. The van der Waals surface area contributed by atoms with Crippen LogP contribution in [0.15, 0.2) is 48.8 Å². The Labute approximate surface area is 147 Å². The SMILES string of the molecule is O=C(OCc1ccccc1)N1CCC(CNc2ccncc2O)CC1. The van der Waals surface area contributed by atoms with Crippen LogP contribution in [0, 0.1) is 5.92 Å². The van der Waals surface area contributed by atoms with Gasteiger partial charge in [-0.25, -0.2) is 4.79 Å². The fraction of sp³-hybridized carbons (Fsp3) is 0.368. The minimum absolute atomic E-state index is 0.157. The van der Waals surface area contributed by atoms with Crippen LogP contribution in [0.5, 0.6) is 5.75 Å². The first-order valence-corrected chi connectivity index (χ1v) is 8.55. The van der Waals surface area contributed by atoms with Crippen molar-refractivity contribution in [3.8, 4) is 5.75 Å². The van der Waals surface area contributed by atoms with E-state index in [1.54, 1.807) is 17.2 Å². The topological polar surface area (TPSA) is 74.7 Å². The van der Waals surface area contributed by atoms with Crippen LogP contribution in [0.2, 0.25) is 0 Å². The molecule has 1 aliphatic rings. The van der Waals surface area contributed by atoms with Crippen LogP contribution in [0.1, 0.15) is 18.4 Å². The molecule has 1 amide bonds. The van der Waals surface area contributed by atoms with Crippen LogP contribution in [0.3, 0.4) is 0 Å². The summed E-state index contributed by atoms with van der Waals surface area (Å²) in [5.74, 6) is 0.621. The van der Waals surface area contributed by atoms with Crippen LogP contribution in [-0.2, 0) is 11.3 Å². The minimum atomic E-state index is -0.248. The van der Waals surface area contributed by atoms with Crippen molar-refractivity contribution in [3.63, 3.8) is 0 Å². The van der Waals surface area contributed by atoms with Gasteiger partial charge in [0, 0.05) is 25.8 Å². The number of rotatable bonds is 5. The van der Waals surface area contributed by atoms with Gasteiger partial charge in [0.15, 0.2) is 5.75 Å². The summed E-state index contributed by atoms with van der Waals surface area (Å²) < 4.78 is 5.38. The molecule has 3 rings (SSSR count). The number of likely N-dealkylation sites (tertiary alicyclic amines) is 1. The molecular weight excluding hydrogens is 318 g/mol. The molecule has 1 saturated heterocycles. The van der Waals surface area contributed by atoms with E-state index in [4.69, 9.17) is 4.74 Å². The van der Waals surface area contributed by atoms with Crippen molar-refractivity contribution in [1.29, 1.82) is 0 Å². The lowest BCUT2D eigenvalue weighted by molar-refractivity contribution is 0.0832.